The van der Waals surface area contributed by atoms with E-state index in [2.05, 4.69) is 4.98 Å². The SMILES string of the molecule is COC(C)Cn1cncc1CO. The van der Waals surface area contributed by atoms with Gasteiger partial charge in [-0.05, 0) is 6.92 Å². The van der Waals surface area contributed by atoms with Crippen LogP contribution in [0.1, 0.15) is 12.6 Å². The maximum atomic E-state index is 8.89. The predicted octanol–water partition coefficient (Wildman–Crippen LogP) is 0.410. The first-order valence-corrected chi connectivity index (χ1v) is 3.90. The topological polar surface area (TPSA) is 47.3 Å². The van der Waals surface area contributed by atoms with Crippen LogP contribution in [0.3, 0.4) is 0 Å². The van der Waals surface area contributed by atoms with Gasteiger partial charge >= 0.3 is 0 Å². The lowest BCUT2D eigenvalue weighted by atomic mass is 10.4. The van der Waals surface area contributed by atoms with E-state index in [1.54, 1.807) is 19.6 Å². The van der Waals surface area contributed by atoms with Crippen molar-refractivity contribution in [1.82, 2.24) is 9.55 Å². The summed E-state index contributed by atoms with van der Waals surface area (Å²) in [5.41, 5.74) is 0.818. The molecule has 1 aromatic rings. The summed E-state index contributed by atoms with van der Waals surface area (Å²) in [5, 5.41) is 8.89. The molecule has 0 spiro atoms. The zero-order chi connectivity index (χ0) is 8.97. The van der Waals surface area contributed by atoms with Crippen molar-refractivity contribution >= 4 is 0 Å². The molecule has 0 amide bonds. The molecule has 1 aromatic heterocycles. The maximum absolute atomic E-state index is 8.89. The molecule has 0 radical (unpaired) electrons. The van der Waals surface area contributed by atoms with E-state index in [1.165, 1.54) is 0 Å². The van der Waals surface area contributed by atoms with Crippen molar-refractivity contribution in [3.63, 3.8) is 0 Å². The van der Waals surface area contributed by atoms with E-state index in [0.29, 0.717) is 0 Å². The van der Waals surface area contributed by atoms with Crippen molar-refractivity contribution in [3.05, 3.63) is 18.2 Å². The normalized spacial score (nSPS) is 13.2. The molecule has 0 bridgehead atoms. The smallest absolute Gasteiger partial charge is 0.0949 e. The number of ether oxygens (including phenoxy) is 1. The fourth-order valence-corrected chi connectivity index (χ4v) is 0.996. The van der Waals surface area contributed by atoms with Gasteiger partial charge < -0.3 is 14.4 Å². The largest absolute Gasteiger partial charge is 0.390 e. The summed E-state index contributed by atoms with van der Waals surface area (Å²) >= 11 is 0. The van der Waals surface area contributed by atoms with E-state index in [9.17, 15) is 0 Å². The minimum atomic E-state index is 0.0242. The fourth-order valence-electron chi connectivity index (χ4n) is 0.996. The molecule has 1 N–H and O–H groups in total. The molecule has 4 nitrogen and oxygen atoms in total. The van der Waals surface area contributed by atoms with Gasteiger partial charge in [-0.15, -0.1) is 0 Å². The Morgan fingerprint density at radius 2 is 2.50 bits per heavy atom. The van der Waals surface area contributed by atoms with Crippen LogP contribution in [0.15, 0.2) is 12.5 Å². The van der Waals surface area contributed by atoms with Crippen LogP contribution in [-0.4, -0.2) is 27.9 Å². The number of methoxy groups -OCH3 is 1. The molecule has 0 aliphatic heterocycles. The second-order valence-corrected chi connectivity index (χ2v) is 2.74. The molecule has 1 rings (SSSR count). The minimum absolute atomic E-state index is 0.0242. The van der Waals surface area contributed by atoms with E-state index >= 15 is 0 Å². The number of imidazole rings is 1. The van der Waals surface area contributed by atoms with Crippen LogP contribution in [0, 0.1) is 0 Å². The molecule has 0 saturated heterocycles. The second kappa shape index (κ2) is 4.23. The average Bonchev–Trinajstić information content (AvgIpc) is 2.51. The van der Waals surface area contributed by atoms with Crippen LogP contribution >= 0.6 is 0 Å². The molecule has 1 heterocycles. The van der Waals surface area contributed by atoms with Gasteiger partial charge in [-0.1, -0.05) is 0 Å². The standard InChI is InChI=1S/C8H14N2O2/c1-7(12-2)4-10-6-9-3-8(10)5-11/h3,6-7,11H,4-5H2,1-2H3. The van der Waals surface area contributed by atoms with E-state index in [-0.39, 0.29) is 12.7 Å². The highest BCUT2D eigenvalue weighted by molar-refractivity contribution is 4.96. The highest BCUT2D eigenvalue weighted by atomic mass is 16.5. The molecule has 12 heavy (non-hydrogen) atoms. The number of hydrogen-bond donors (Lipinski definition) is 1. The summed E-state index contributed by atoms with van der Waals surface area (Å²) in [4.78, 5) is 3.93. The molecule has 1 unspecified atom stereocenters. The lowest BCUT2D eigenvalue weighted by molar-refractivity contribution is 0.101. The van der Waals surface area contributed by atoms with Crippen LogP contribution in [0.4, 0.5) is 0 Å². The van der Waals surface area contributed by atoms with Crippen molar-refractivity contribution < 1.29 is 9.84 Å². The van der Waals surface area contributed by atoms with E-state index in [0.717, 1.165) is 12.2 Å². The number of aromatic nitrogens is 2. The molecule has 0 saturated carbocycles. The highest BCUT2D eigenvalue weighted by Crippen LogP contribution is 2.01. The monoisotopic (exact) mass is 170 g/mol. The Labute approximate surface area is 71.8 Å². The van der Waals surface area contributed by atoms with Gasteiger partial charge in [0, 0.05) is 13.7 Å². The Morgan fingerprint density at radius 1 is 1.75 bits per heavy atom. The first kappa shape index (κ1) is 9.22. The van der Waals surface area contributed by atoms with E-state index in [4.69, 9.17) is 9.84 Å². The Morgan fingerprint density at radius 3 is 3.08 bits per heavy atom. The average molecular weight is 170 g/mol. The summed E-state index contributed by atoms with van der Waals surface area (Å²) in [7, 11) is 1.67. The number of aliphatic hydroxyl groups excluding tert-OH is 1. The van der Waals surface area contributed by atoms with E-state index < -0.39 is 0 Å². The summed E-state index contributed by atoms with van der Waals surface area (Å²) in [5.74, 6) is 0. The molecular weight excluding hydrogens is 156 g/mol. The van der Waals surface area contributed by atoms with Crippen LogP contribution in [-0.2, 0) is 17.9 Å². The Hall–Kier alpha value is -0.870. The molecule has 4 heteroatoms. The van der Waals surface area contributed by atoms with Gasteiger partial charge in [-0.3, -0.25) is 0 Å². The van der Waals surface area contributed by atoms with Crippen molar-refractivity contribution in [1.29, 1.82) is 0 Å². The summed E-state index contributed by atoms with van der Waals surface area (Å²) in [6.45, 7) is 2.73. The van der Waals surface area contributed by atoms with Crippen molar-refractivity contribution in [2.24, 2.45) is 0 Å². The molecular formula is C8H14N2O2. The Balaban J connectivity index is 2.61. The number of rotatable bonds is 4. The Bertz CT molecular complexity index is 235. The predicted molar refractivity (Wildman–Crippen MR) is 44.6 cm³/mol. The number of hydrogen-bond acceptors (Lipinski definition) is 3. The van der Waals surface area contributed by atoms with E-state index in [1.807, 2.05) is 11.5 Å². The van der Waals surface area contributed by atoms with Gasteiger partial charge in [-0.2, -0.15) is 0 Å². The lowest BCUT2D eigenvalue weighted by Gasteiger charge is -2.11. The van der Waals surface area contributed by atoms with Gasteiger partial charge in [0.25, 0.3) is 0 Å². The zero-order valence-electron chi connectivity index (χ0n) is 7.40. The van der Waals surface area contributed by atoms with Crippen molar-refractivity contribution in [3.8, 4) is 0 Å². The third-order valence-corrected chi connectivity index (χ3v) is 1.82. The molecule has 68 valence electrons. The third-order valence-electron chi connectivity index (χ3n) is 1.82. The van der Waals surface area contributed by atoms with Gasteiger partial charge in [0.1, 0.15) is 0 Å². The first-order chi connectivity index (χ1) is 5.77. The van der Waals surface area contributed by atoms with Crippen LogP contribution < -0.4 is 0 Å². The third kappa shape index (κ3) is 2.06. The molecule has 0 aliphatic carbocycles. The number of nitrogens with zero attached hydrogens (tertiary/aromatic N) is 2. The van der Waals surface area contributed by atoms with Crippen LogP contribution in [0.5, 0.6) is 0 Å². The van der Waals surface area contributed by atoms with Gasteiger partial charge in [-0.25, -0.2) is 4.98 Å². The Kier molecular flexibility index (Phi) is 3.25. The lowest BCUT2D eigenvalue weighted by Crippen LogP contribution is -2.15. The highest BCUT2D eigenvalue weighted by Gasteiger charge is 2.04. The quantitative estimate of drug-likeness (QED) is 0.712. The first-order valence-electron chi connectivity index (χ1n) is 3.90. The van der Waals surface area contributed by atoms with Gasteiger partial charge in [0.2, 0.25) is 0 Å². The number of aliphatic hydroxyl groups is 1. The fraction of sp³-hybridized carbons (Fsp3) is 0.625. The van der Waals surface area contributed by atoms with Gasteiger partial charge in [0.15, 0.2) is 0 Å². The van der Waals surface area contributed by atoms with Crippen molar-refractivity contribution in [2.45, 2.75) is 26.2 Å². The van der Waals surface area contributed by atoms with Gasteiger partial charge in [0.05, 0.1) is 30.9 Å². The van der Waals surface area contributed by atoms with Crippen LogP contribution in [0.2, 0.25) is 0 Å². The maximum Gasteiger partial charge on any atom is 0.0949 e. The summed E-state index contributed by atoms with van der Waals surface area (Å²) in [6.07, 6.45) is 3.49. The minimum Gasteiger partial charge on any atom is -0.390 e. The molecule has 0 aliphatic rings. The van der Waals surface area contributed by atoms with Crippen LogP contribution in [0.25, 0.3) is 0 Å². The molecule has 1 atom stereocenters. The zero-order valence-corrected chi connectivity index (χ0v) is 7.40. The summed E-state index contributed by atoms with van der Waals surface area (Å²) < 4.78 is 6.98. The molecule has 0 fully saturated rings. The van der Waals surface area contributed by atoms with Crippen molar-refractivity contribution in [2.75, 3.05) is 7.11 Å². The second-order valence-electron chi connectivity index (χ2n) is 2.74. The molecule has 0 aromatic carbocycles. The summed E-state index contributed by atoms with van der Waals surface area (Å²) in [6, 6.07) is 0.